The van der Waals surface area contributed by atoms with Crippen molar-refractivity contribution in [3.63, 3.8) is 0 Å². The molecule has 2 N–H and O–H groups in total. The van der Waals surface area contributed by atoms with Gasteiger partial charge in [0, 0.05) is 10.7 Å². The van der Waals surface area contributed by atoms with E-state index in [1.54, 1.807) is 24.3 Å². The number of hydrogen-bond donors (Lipinski definition) is 1. The third-order valence-electron chi connectivity index (χ3n) is 5.26. The summed E-state index contributed by atoms with van der Waals surface area (Å²) in [4.78, 5) is 0. The second-order valence-corrected chi connectivity index (χ2v) is 7.41. The lowest BCUT2D eigenvalue weighted by molar-refractivity contribution is 1.69. The van der Waals surface area contributed by atoms with E-state index in [-0.39, 0.29) is 0 Å². The number of benzene rings is 6. The molecule has 6 aromatic rings. The summed E-state index contributed by atoms with van der Waals surface area (Å²) in [6.45, 7) is 0. The van der Waals surface area contributed by atoms with E-state index in [1.807, 2.05) is 0 Å². The van der Waals surface area contributed by atoms with E-state index >= 15 is 0 Å². The summed E-state index contributed by atoms with van der Waals surface area (Å²) in [6, 6.07) is 33.5. The van der Waals surface area contributed by atoms with Gasteiger partial charge in [0.15, 0.2) is 0 Å². The Bertz CT molecular complexity index is 1230. The fourth-order valence-corrected chi connectivity index (χ4v) is 4.17. The van der Waals surface area contributed by atoms with Crippen molar-refractivity contribution in [3.8, 4) is 0 Å². The highest BCUT2D eigenvalue weighted by atomic mass is 35.5. The molecule has 0 amide bonds. The van der Waals surface area contributed by atoms with Crippen molar-refractivity contribution in [1.82, 2.24) is 0 Å². The summed E-state index contributed by atoms with van der Waals surface area (Å²) >= 11 is 5.56. The summed E-state index contributed by atoms with van der Waals surface area (Å²) in [5, 5.41) is 11.6. The number of nitrogens with two attached hydrogens (primary N) is 1. The minimum Gasteiger partial charge on any atom is -0.399 e. The van der Waals surface area contributed by atoms with Crippen LogP contribution in [-0.4, -0.2) is 0 Å². The monoisotopic (exact) mass is 379 g/mol. The molecule has 0 saturated carbocycles. The summed E-state index contributed by atoms with van der Waals surface area (Å²) in [7, 11) is 0. The van der Waals surface area contributed by atoms with Crippen LogP contribution in [0.1, 0.15) is 0 Å². The Kier molecular flexibility index (Phi) is 4.03. The maximum atomic E-state index is 5.56. The van der Waals surface area contributed by atoms with Crippen LogP contribution >= 0.6 is 11.6 Å². The third-order valence-corrected chi connectivity index (χ3v) is 5.51. The topological polar surface area (TPSA) is 26.0 Å². The fourth-order valence-electron chi connectivity index (χ4n) is 4.04. The zero-order valence-electron chi connectivity index (χ0n) is 15.2. The van der Waals surface area contributed by atoms with E-state index in [1.165, 1.54) is 43.1 Å². The van der Waals surface area contributed by atoms with E-state index in [4.69, 9.17) is 17.3 Å². The zero-order chi connectivity index (χ0) is 19.1. The van der Waals surface area contributed by atoms with Crippen molar-refractivity contribution >= 4 is 60.4 Å². The number of nitrogen functional groups attached to an aromatic ring is 1. The first-order valence-electron chi connectivity index (χ1n) is 9.28. The van der Waals surface area contributed by atoms with Gasteiger partial charge in [0.05, 0.1) is 0 Å². The molecule has 28 heavy (non-hydrogen) atoms. The first kappa shape index (κ1) is 16.9. The van der Waals surface area contributed by atoms with Crippen molar-refractivity contribution in [2.75, 3.05) is 5.73 Å². The molecule has 134 valence electrons. The molecule has 6 aromatic carbocycles. The highest BCUT2D eigenvalue weighted by molar-refractivity contribution is 6.32. The molecular formula is C26H18ClN. The molecule has 0 aliphatic rings. The second kappa shape index (κ2) is 6.70. The standard InChI is InChI=1S/C20H12.C6H6ClN/c1-5-13-6-2-11-17-18-12-4-8-14-7-3-10-16(20(14)18)15(9-1)19(13)17;7-5-1-3-6(8)4-2-5/h1-12H;1-4H,8H2. The average molecular weight is 380 g/mol. The van der Waals surface area contributed by atoms with Crippen LogP contribution in [-0.2, 0) is 0 Å². The summed E-state index contributed by atoms with van der Waals surface area (Å²) in [6.07, 6.45) is 0. The normalized spacial score (nSPS) is 11.2. The second-order valence-electron chi connectivity index (χ2n) is 6.97. The molecule has 0 spiro atoms. The SMILES string of the molecule is Nc1ccc(Cl)cc1.c1cc2cccc3c4cccc5cccc(c(c1)c23)c54. The predicted octanol–water partition coefficient (Wildman–Crippen LogP) is 7.66. The Morgan fingerprint density at radius 3 is 1.14 bits per heavy atom. The lowest BCUT2D eigenvalue weighted by Crippen LogP contribution is -1.85. The van der Waals surface area contributed by atoms with E-state index in [2.05, 4.69) is 72.8 Å². The van der Waals surface area contributed by atoms with Crippen LogP contribution in [0.5, 0.6) is 0 Å². The van der Waals surface area contributed by atoms with Crippen molar-refractivity contribution in [2.24, 2.45) is 0 Å². The molecule has 1 nitrogen and oxygen atoms in total. The average Bonchev–Trinajstić information content (AvgIpc) is 2.74. The van der Waals surface area contributed by atoms with Gasteiger partial charge in [-0.3, -0.25) is 0 Å². The van der Waals surface area contributed by atoms with Crippen LogP contribution in [0.4, 0.5) is 5.69 Å². The van der Waals surface area contributed by atoms with Crippen LogP contribution < -0.4 is 5.73 Å². The largest absolute Gasteiger partial charge is 0.399 e. The minimum atomic E-state index is 0.721. The highest BCUT2D eigenvalue weighted by Gasteiger charge is 2.11. The molecule has 0 saturated heterocycles. The van der Waals surface area contributed by atoms with Crippen molar-refractivity contribution in [3.05, 3.63) is 102 Å². The molecule has 0 bridgehead atoms. The van der Waals surface area contributed by atoms with E-state index in [0.29, 0.717) is 0 Å². The maximum Gasteiger partial charge on any atom is 0.0407 e. The molecule has 6 rings (SSSR count). The molecule has 0 fully saturated rings. The number of fused-ring (bicyclic) bond motifs is 2. The number of rotatable bonds is 0. The quantitative estimate of drug-likeness (QED) is 0.163. The van der Waals surface area contributed by atoms with Crippen molar-refractivity contribution in [1.29, 1.82) is 0 Å². The number of halogens is 1. The minimum absolute atomic E-state index is 0.721. The van der Waals surface area contributed by atoms with Gasteiger partial charge in [-0.1, -0.05) is 84.4 Å². The van der Waals surface area contributed by atoms with Crippen LogP contribution in [0.2, 0.25) is 5.02 Å². The Balaban J connectivity index is 0.000000181. The van der Waals surface area contributed by atoms with Crippen molar-refractivity contribution < 1.29 is 0 Å². The molecule has 0 aromatic heterocycles. The maximum absolute atomic E-state index is 5.56. The number of hydrogen-bond acceptors (Lipinski definition) is 1. The van der Waals surface area contributed by atoms with Gasteiger partial charge in [-0.05, 0) is 67.4 Å². The molecule has 0 unspecified atom stereocenters. The first-order chi connectivity index (χ1) is 13.7. The fraction of sp³-hybridized carbons (Fsp3) is 0. The van der Waals surface area contributed by atoms with E-state index in [9.17, 15) is 0 Å². The van der Waals surface area contributed by atoms with Gasteiger partial charge in [0.25, 0.3) is 0 Å². The van der Waals surface area contributed by atoms with Crippen molar-refractivity contribution in [2.45, 2.75) is 0 Å². The Morgan fingerprint density at radius 1 is 0.464 bits per heavy atom. The molecule has 2 heteroatoms. The van der Waals surface area contributed by atoms with Gasteiger partial charge >= 0.3 is 0 Å². The van der Waals surface area contributed by atoms with Crippen LogP contribution in [0.15, 0.2) is 97.1 Å². The predicted molar refractivity (Wildman–Crippen MR) is 124 cm³/mol. The third kappa shape index (κ3) is 2.72. The van der Waals surface area contributed by atoms with Crippen LogP contribution in [0, 0.1) is 0 Å². The smallest absolute Gasteiger partial charge is 0.0407 e. The Labute approximate surface area is 168 Å². The molecule has 0 aliphatic carbocycles. The van der Waals surface area contributed by atoms with Crippen LogP contribution in [0.25, 0.3) is 43.1 Å². The van der Waals surface area contributed by atoms with Gasteiger partial charge in [-0.25, -0.2) is 0 Å². The van der Waals surface area contributed by atoms with E-state index in [0.717, 1.165) is 10.7 Å². The molecule has 0 aliphatic heterocycles. The Morgan fingerprint density at radius 2 is 0.821 bits per heavy atom. The first-order valence-corrected chi connectivity index (χ1v) is 9.65. The van der Waals surface area contributed by atoms with Gasteiger partial charge in [0.1, 0.15) is 0 Å². The lowest BCUT2D eigenvalue weighted by atomic mass is 9.90. The van der Waals surface area contributed by atoms with Crippen LogP contribution in [0.3, 0.4) is 0 Å². The van der Waals surface area contributed by atoms with Gasteiger partial charge in [-0.2, -0.15) is 0 Å². The molecule has 0 atom stereocenters. The van der Waals surface area contributed by atoms with Gasteiger partial charge in [0.2, 0.25) is 0 Å². The molecule has 0 radical (unpaired) electrons. The lowest BCUT2D eigenvalue weighted by Gasteiger charge is -2.13. The summed E-state index contributed by atoms with van der Waals surface area (Å²) in [5.74, 6) is 0. The van der Waals surface area contributed by atoms with Gasteiger partial charge in [-0.15, -0.1) is 0 Å². The zero-order valence-corrected chi connectivity index (χ0v) is 15.9. The molecular weight excluding hydrogens is 362 g/mol. The Hall–Kier alpha value is -3.29. The van der Waals surface area contributed by atoms with Gasteiger partial charge < -0.3 is 5.73 Å². The molecule has 0 heterocycles. The number of anilines is 1. The van der Waals surface area contributed by atoms with E-state index < -0.39 is 0 Å². The highest BCUT2D eigenvalue weighted by Crippen LogP contribution is 2.39. The summed E-state index contributed by atoms with van der Waals surface area (Å²) in [5.41, 5.74) is 6.11. The summed E-state index contributed by atoms with van der Waals surface area (Å²) < 4.78 is 0.